The molecule has 1 N–H and O–H groups in total. The second kappa shape index (κ2) is 4.00. The summed E-state index contributed by atoms with van der Waals surface area (Å²) in [5.74, 6) is 0. The summed E-state index contributed by atoms with van der Waals surface area (Å²) >= 11 is 5.24. The van der Waals surface area contributed by atoms with Gasteiger partial charge in [0.1, 0.15) is 6.33 Å². The molecule has 0 aliphatic rings. The number of hydrogen-bond donors (Lipinski definition) is 1. The minimum absolute atomic E-state index is 0. The number of nitrogens with one attached hydrogen (secondary N) is 1. The van der Waals surface area contributed by atoms with Gasteiger partial charge in [-0.05, 0) is 11.6 Å². The summed E-state index contributed by atoms with van der Waals surface area (Å²) in [5, 5.41) is 0.0602. The molecular weight excluding hydrogens is 152 g/mol. The third-order valence-electron chi connectivity index (χ3n) is 0.556. The number of nitrogens with zero attached hydrogens (tertiary/aromatic N) is 2. The van der Waals surface area contributed by atoms with Gasteiger partial charge in [-0.25, -0.2) is 9.78 Å². The van der Waals surface area contributed by atoms with E-state index < -0.39 is 5.69 Å². The maximum absolute atomic E-state index is 10.2. The largest absolute Gasteiger partial charge is 0.348 e. The smallest absolute Gasteiger partial charge is 0.280 e. The first-order valence-corrected chi connectivity index (χ1v) is 2.23. The molecule has 1 radical (unpaired) electrons. The fraction of sp³-hybridized carbons (Fsp3) is 0. The van der Waals surface area contributed by atoms with E-state index in [0.717, 1.165) is 6.33 Å². The van der Waals surface area contributed by atoms with Gasteiger partial charge in [-0.15, -0.1) is 0 Å². The molecule has 1 aromatic heterocycles. The van der Waals surface area contributed by atoms with E-state index in [0.29, 0.717) is 0 Å². The predicted molar refractivity (Wildman–Crippen MR) is 33.4 cm³/mol. The van der Waals surface area contributed by atoms with Crippen molar-refractivity contribution in [3.8, 4) is 0 Å². The number of aromatic nitrogens is 3. The number of halogens is 1. The molecule has 0 aliphatic heterocycles. The molecule has 1 heterocycles. The Morgan fingerprint density at radius 1 is 1.56 bits per heavy atom. The molecule has 0 saturated heterocycles. The Labute approximate surface area is 78.0 Å². The molecule has 1 aromatic rings. The van der Waals surface area contributed by atoms with Crippen LogP contribution in [0.2, 0.25) is 5.28 Å². The summed E-state index contributed by atoms with van der Waals surface area (Å²) in [6.45, 7) is 0. The standard InChI is InChI=1S/C3H2ClN3O.Na/c4-2-5-1-6-3(8)7-2;/h1H,(H,5,6,7,8);. The van der Waals surface area contributed by atoms with Crippen molar-refractivity contribution < 1.29 is 0 Å². The fourth-order valence-corrected chi connectivity index (χ4v) is 0.409. The zero-order valence-corrected chi connectivity index (χ0v) is 7.51. The first-order chi connectivity index (χ1) is 3.79. The maximum Gasteiger partial charge on any atom is 0.348 e. The number of H-pyrrole nitrogens is 1. The van der Waals surface area contributed by atoms with Crippen LogP contribution in [-0.2, 0) is 0 Å². The third kappa shape index (κ3) is 2.95. The Bertz CT molecular complexity index is 236. The number of aromatic amines is 1. The van der Waals surface area contributed by atoms with E-state index in [2.05, 4.69) is 15.0 Å². The second-order valence-corrected chi connectivity index (χ2v) is 1.45. The monoisotopic (exact) mass is 154 g/mol. The van der Waals surface area contributed by atoms with Crippen molar-refractivity contribution in [3.05, 3.63) is 22.1 Å². The minimum atomic E-state index is -0.481. The maximum atomic E-state index is 10.2. The SMILES string of the molecule is O=c1ncnc(Cl)[nH]1.[Na]. The fourth-order valence-electron chi connectivity index (χ4n) is 0.285. The van der Waals surface area contributed by atoms with E-state index >= 15 is 0 Å². The molecule has 0 aliphatic carbocycles. The van der Waals surface area contributed by atoms with Gasteiger partial charge in [-0.1, -0.05) is 0 Å². The molecule has 1 rings (SSSR count). The van der Waals surface area contributed by atoms with E-state index in [1.54, 1.807) is 0 Å². The molecular formula is C3H2ClN3NaO. The molecule has 0 saturated carbocycles. The average Bonchev–Trinajstić information content (AvgIpc) is 1.64. The van der Waals surface area contributed by atoms with Crippen molar-refractivity contribution in [3.63, 3.8) is 0 Å². The minimum Gasteiger partial charge on any atom is -0.280 e. The molecule has 0 spiro atoms. The van der Waals surface area contributed by atoms with Gasteiger partial charge in [0.15, 0.2) is 0 Å². The van der Waals surface area contributed by atoms with Crippen LogP contribution < -0.4 is 5.69 Å². The van der Waals surface area contributed by atoms with E-state index in [1.807, 2.05) is 0 Å². The normalized spacial score (nSPS) is 8.11. The van der Waals surface area contributed by atoms with Gasteiger partial charge in [0, 0.05) is 29.6 Å². The molecule has 4 nitrogen and oxygen atoms in total. The van der Waals surface area contributed by atoms with Crippen molar-refractivity contribution in [2.75, 3.05) is 0 Å². The van der Waals surface area contributed by atoms with Crippen molar-refractivity contribution in [1.29, 1.82) is 0 Å². The Morgan fingerprint density at radius 3 is 2.56 bits per heavy atom. The van der Waals surface area contributed by atoms with Crippen LogP contribution >= 0.6 is 11.6 Å². The Balaban J connectivity index is 0.000000640. The number of rotatable bonds is 0. The van der Waals surface area contributed by atoms with Crippen molar-refractivity contribution in [1.82, 2.24) is 15.0 Å². The van der Waals surface area contributed by atoms with Crippen LogP contribution in [0.4, 0.5) is 0 Å². The molecule has 0 atom stereocenters. The van der Waals surface area contributed by atoms with Gasteiger partial charge in [-0.2, -0.15) is 4.98 Å². The molecule has 0 unspecified atom stereocenters. The van der Waals surface area contributed by atoms with Crippen molar-refractivity contribution in [2.24, 2.45) is 0 Å². The van der Waals surface area contributed by atoms with Gasteiger partial charge in [0.05, 0.1) is 0 Å². The van der Waals surface area contributed by atoms with Crippen LogP contribution in [0.15, 0.2) is 11.1 Å². The van der Waals surface area contributed by atoms with Crippen LogP contribution in [0.25, 0.3) is 0 Å². The van der Waals surface area contributed by atoms with E-state index in [1.165, 1.54) is 0 Å². The van der Waals surface area contributed by atoms with Gasteiger partial charge in [0.2, 0.25) is 5.28 Å². The Hall–Kier alpha value is 0.1000. The Morgan fingerprint density at radius 2 is 2.22 bits per heavy atom. The summed E-state index contributed by atoms with van der Waals surface area (Å²) in [4.78, 5) is 19.0. The molecule has 0 fully saturated rings. The predicted octanol–water partition coefficient (Wildman–Crippen LogP) is -0.562. The summed E-state index contributed by atoms with van der Waals surface area (Å²) in [7, 11) is 0. The zero-order valence-electron chi connectivity index (χ0n) is 4.76. The van der Waals surface area contributed by atoms with Crippen LogP contribution in [0.3, 0.4) is 0 Å². The van der Waals surface area contributed by atoms with E-state index in [-0.39, 0.29) is 34.8 Å². The van der Waals surface area contributed by atoms with Gasteiger partial charge in [0.25, 0.3) is 0 Å². The van der Waals surface area contributed by atoms with Crippen LogP contribution in [0.5, 0.6) is 0 Å². The van der Waals surface area contributed by atoms with Crippen molar-refractivity contribution >= 4 is 41.2 Å². The van der Waals surface area contributed by atoms with Crippen LogP contribution in [-0.4, -0.2) is 44.5 Å². The third-order valence-corrected chi connectivity index (χ3v) is 0.748. The Kier molecular flexibility index (Phi) is 4.05. The average molecular weight is 155 g/mol. The summed E-state index contributed by atoms with van der Waals surface area (Å²) < 4.78 is 0. The van der Waals surface area contributed by atoms with E-state index in [9.17, 15) is 4.79 Å². The zero-order chi connectivity index (χ0) is 5.98. The van der Waals surface area contributed by atoms with Crippen LogP contribution in [0, 0.1) is 0 Å². The van der Waals surface area contributed by atoms with E-state index in [4.69, 9.17) is 11.6 Å². The molecule has 6 heteroatoms. The summed E-state index contributed by atoms with van der Waals surface area (Å²) in [5.41, 5.74) is -0.481. The topological polar surface area (TPSA) is 58.6 Å². The molecule has 0 aromatic carbocycles. The van der Waals surface area contributed by atoms with Gasteiger partial charge >= 0.3 is 5.69 Å². The second-order valence-electron chi connectivity index (χ2n) is 1.09. The summed E-state index contributed by atoms with van der Waals surface area (Å²) in [6.07, 6.45) is 1.10. The first kappa shape index (κ1) is 9.10. The molecule has 43 valence electrons. The molecule has 0 bridgehead atoms. The van der Waals surface area contributed by atoms with Gasteiger partial charge in [-0.3, -0.25) is 4.98 Å². The molecule has 0 amide bonds. The van der Waals surface area contributed by atoms with Crippen LogP contribution in [0.1, 0.15) is 0 Å². The quantitative estimate of drug-likeness (QED) is 0.510. The first-order valence-electron chi connectivity index (χ1n) is 1.86. The van der Waals surface area contributed by atoms with Crippen molar-refractivity contribution in [2.45, 2.75) is 0 Å². The molecule has 9 heavy (non-hydrogen) atoms. The number of hydrogen-bond acceptors (Lipinski definition) is 3. The van der Waals surface area contributed by atoms with Gasteiger partial charge < -0.3 is 0 Å². The summed E-state index contributed by atoms with van der Waals surface area (Å²) in [6, 6.07) is 0.